The van der Waals surface area contributed by atoms with Gasteiger partial charge in [-0.15, -0.1) is 0 Å². The van der Waals surface area contributed by atoms with Crippen LogP contribution < -0.4 is 10.2 Å². The number of hydrogen-bond acceptors (Lipinski definition) is 3. The summed E-state index contributed by atoms with van der Waals surface area (Å²) in [7, 11) is 0. The van der Waals surface area contributed by atoms with Crippen LogP contribution in [0.3, 0.4) is 0 Å². The first-order valence-corrected chi connectivity index (χ1v) is 11.1. The van der Waals surface area contributed by atoms with E-state index in [0.717, 1.165) is 76.3 Å². The van der Waals surface area contributed by atoms with Gasteiger partial charge in [0.05, 0.1) is 5.70 Å². The molecule has 2 aromatic carbocycles. The second kappa shape index (κ2) is 6.81. The maximum Gasteiger partial charge on any atom is 0.227 e. The van der Waals surface area contributed by atoms with Crippen LogP contribution >= 0.6 is 0 Å². The van der Waals surface area contributed by atoms with Crippen LogP contribution in [0.15, 0.2) is 72.0 Å². The summed E-state index contributed by atoms with van der Waals surface area (Å²) < 4.78 is 0. The predicted octanol–water partition coefficient (Wildman–Crippen LogP) is 4.95. The number of hydrogen-bond donors (Lipinski definition) is 1. The number of nitrogens with zero attached hydrogens (tertiary/aromatic N) is 1. The van der Waals surface area contributed by atoms with Gasteiger partial charge < -0.3 is 10.2 Å². The quantitative estimate of drug-likeness (QED) is 0.765. The summed E-state index contributed by atoms with van der Waals surface area (Å²) in [5, 5.41) is 3.62. The molecule has 1 fully saturated rings. The molecule has 0 aromatic heterocycles. The summed E-state index contributed by atoms with van der Waals surface area (Å²) in [6, 6.07) is 16.6. The lowest BCUT2D eigenvalue weighted by molar-refractivity contribution is -0.117. The van der Waals surface area contributed by atoms with Crippen LogP contribution in [-0.2, 0) is 9.59 Å². The number of nitrogens with one attached hydrogen (secondary N) is 1. The van der Waals surface area contributed by atoms with Gasteiger partial charge in [-0.2, -0.15) is 0 Å². The van der Waals surface area contributed by atoms with E-state index in [1.807, 2.05) is 23.1 Å². The fourth-order valence-corrected chi connectivity index (χ4v) is 5.58. The van der Waals surface area contributed by atoms with Crippen molar-refractivity contribution in [3.05, 3.63) is 88.6 Å². The second-order valence-electron chi connectivity index (χ2n) is 8.78. The second-order valence-corrected chi connectivity index (χ2v) is 8.78. The van der Waals surface area contributed by atoms with Crippen molar-refractivity contribution >= 4 is 28.6 Å². The first-order valence-electron chi connectivity index (χ1n) is 11.1. The third-order valence-corrected chi connectivity index (χ3v) is 7.04. The van der Waals surface area contributed by atoms with Gasteiger partial charge >= 0.3 is 0 Å². The number of dihydropyridines is 1. The number of anilines is 1. The van der Waals surface area contributed by atoms with Gasteiger partial charge in [-0.05, 0) is 53.7 Å². The standard InChI is InChI=1S/C27H24N2O2/c1-16-19-6-2-3-7-20(19)27-24(16)25(26-21(28-27)8-4-9-22(26)30)17-11-13-18(14-12-17)29-15-5-10-23(29)31/h2-3,6-7,11-14,25,28H,1,4-5,8-10,15H2. The summed E-state index contributed by atoms with van der Waals surface area (Å²) in [6.45, 7) is 5.20. The zero-order valence-corrected chi connectivity index (χ0v) is 17.4. The Morgan fingerprint density at radius 1 is 0.871 bits per heavy atom. The lowest BCUT2D eigenvalue weighted by Crippen LogP contribution is -2.30. The zero-order chi connectivity index (χ0) is 21.1. The van der Waals surface area contributed by atoms with Crippen molar-refractivity contribution in [3.8, 4) is 0 Å². The Morgan fingerprint density at radius 2 is 1.65 bits per heavy atom. The summed E-state index contributed by atoms with van der Waals surface area (Å²) in [5.41, 5.74) is 9.47. The molecule has 1 saturated heterocycles. The van der Waals surface area contributed by atoms with Gasteiger partial charge in [0, 0.05) is 47.8 Å². The van der Waals surface area contributed by atoms with E-state index >= 15 is 0 Å². The summed E-state index contributed by atoms with van der Waals surface area (Å²) in [5.74, 6) is 0.293. The highest BCUT2D eigenvalue weighted by atomic mass is 16.2. The van der Waals surface area contributed by atoms with Crippen molar-refractivity contribution in [1.82, 2.24) is 5.32 Å². The van der Waals surface area contributed by atoms with E-state index in [1.165, 1.54) is 0 Å². The van der Waals surface area contributed by atoms with Crippen molar-refractivity contribution in [2.45, 2.75) is 38.0 Å². The van der Waals surface area contributed by atoms with E-state index in [9.17, 15) is 9.59 Å². The molecule has 0 radical (unpaired) electrons. The number of amides is 1. The molecular formula is C27H24N2O2. The highest BCUT2D eigenvalue weighted by molar-refractivity contribution is 6.07. The van der Waals surface area contributed by atoms with Gasteiger partial charge in [-0.1, -0.05) is 43.0 Å². The van der Waals surface area contributed by atoms with Gasteiger partial charge in [0.25, 0.3) is 0 Å². The number of carbonyl (C=O) groups excluding carboxylic acids is 2. The van der Waals surface area contributed by atoms with Crippen LogP contribution in [0.25, 0.3) is 11.3 Å². The smallest absolute Gasteiger partial charge is 0.227 e. The fourth-order valence-electron chi connectivity index (χ4n) is 5.58. The Hall–Kier alpha value is -3.40. The Kier molecular flexibility index (Phi) is 4.04. The van der Waals surface area contributed by atoms with E-state index < -0.39 is 0 Å². The van der Waals surface area contributed by atoms with E-state index in [1.54, 1.807) is 0 Å². The van der Waals surface area contributed by atoms with E-state index in [2.05, 4.69) is 42.2 Å². The molecule has 2 aliphatic heterocycles. The molecule has 2 heterocycles. The molecule has 0 spiro atoms. The number of benzene rings is 2. The van der Waals surface area contributed by atoms with E-state index in [0.29, 0.717) is 12.8 Å². The van der Waals surface area contributed by atoms with Crippen LogP contribution in [0.4, 0.5) is 5.69 Å². The first kappa shape index (κ1) is 18.4. The highest BCUT2D eigenvalue weighted by Crippen LogP contribution is 2.53. The topological polar surface area (TPSA) is 49.4 Å². The van der Waals surface area contributed by atoms with Crippen molar-refractivity contribution in [3.63, 3.8) is 0 Å². The van der Waals surface area contributed by atoms with Crippen LogP contribution in [0.1, 0.15) is 54.7 Å². The molecule has 154 valence electrons. The molecule has 1 N–H and O–H groups in total. The number of fused-ring (bicyclic) bond motifs is 2. The minimum Gasteiger partial charge on any atom is -0.358 e. The fraction of sp³-hybridized carbons (Fsp3) is 0.259. The molecule has 6 rings (SSSR count). The molecule has 2 aromatic rings. The number of allylic oxidation sites excluding steroid dienone is 4. The monoisotopic (exact) mass is 408 g/mol. The van der Waals surface area contributed by atoms with Crippen LogP contribution in [0.2, 0.25) is 0 Å². The lowest BCUT2D eigenvalue weighted by Gasteiger charge is -2.34. The van der Waals surface area contributed by atoms with Crippen LogP contribution in [0, 0.1) is 0 Å². The summed E-state index contributed by atoms with van der Waals surface area (Å²) in [6.07, 6.45) is 3.91. The SMILES string of the molecule is C=C1C2=C(NC3=C(C(=O)CCC3)C2c2ccc(N3CCCC3=O)cc2)c2ccccc21. The predicted molar refractivity (Wildman–Crippen MR) is 122 cm³/mol. The average Bonchev–Trinajstić information content (AvgIpc) is 3.34. The number of carbonyl (C=O) groups is 2. The average molecular weight is 409 g/mol. The van der Waals surface area contributed by atoms with Crippen LogP contribution in [0.5, 0.6) is 0 Å². The summed E-state index contributed by atoms with van der Waals surface area (Å²) in [4.78, 5) is 27.1. The molecule has 4 heteroatoms. The third kappa shape index (κ3) is 2.67. The van der Waals surface area contributed by atoms with Crippen molar-refractivity contribution in [2.24, 2.45) is 0 Å². The maximum absolute atomic E-state index is 13.1. The third-order valence-electron chi connectivity index (χ3n) is 7.04. The van der Waals surface area contributed by atoms with E-state index in [-0.39, 0.29) is 17.6 Å². The number of rotatable bonds is 2. The molecule has 0 saturated carbocycles. The molecule has 2 aliphatic carbocycles. The molecule has 1 unspecified atom stereocenters. The van der Waals surface area contributed by atoms with Gasteiger partial charge in [0.2, 0.25) is 5.91 Å². The normalized spacial score (nSPS) is 22.5. The van der Waals surface area contributed by atoms with Gasteiger partial charge in [-0.25, -0.2) is 0 Å². The van der Waals surface area contributed by atoms with Gasteiger partial charge in [0.15, 0.2) is 5.78 Å². The molecule has 4 nitrogen and oxygen atoms in total. The molecule has 0 bridgehead atoms. The van der Waals surface area contributed by atoms with Gasteiger partial charge in [-0.3, -0.25) is 9.59 Å². The van der Waals surface area contributed by atoms with Crippen LogP contribution in [-0.4, -0.2) is 18.2 Å². The number of Topliss-reactive ketones (excluding diaryl/α,β-unsaturated/α-hetero) is 1. The maximum atomic E-state index is 13.1. The minimum atomic E-state index is -0.123. The largest absolute Gasteiger partial charge is 0.358 e. The molecule has 1 atom stereocenters. The van der Waals surface area contributed by atoms with Crippen molar-refractivity contribution in [1.29, 1.82) is 0 Å². The Labute approximate surface area is 182 Å². The molecular weight excluding hydrogens is 384 g/mol. The minimum absolute atomic E-state index is 0.123. The highest BCUT2D eigenvalue weighted by Gasteiger charge is 2.41. The van der Waals surface area contributed by atoms with Gasteiger partial charge in [0.1, 0.15) is 0 Å². The number of ketones is 1. The summed E-state index contributed by atoms with van der Waals surface area (Å²) >= 11 is 0. The Morgan fingerprint density at radius 3 is 2.39 bits per heavy atom. The van der Waals surface area contributed by atoms with Crippen molar-refractivity contribution < 1.29 is 9.59 Å². The van der Waals surface area contributed by atoms with Crippen molar-refractivity contribution in [2.75, 3.05) is 11.4 Å². The Balaban J connectivity index is 1.48. The lowest BCUT2D eigenvalue weighted by atomic mass is 9.74. The molecule has 1 amide bonds. The first-order chi connectivity index (χ1) is 15.1. The zero-order valence-electron chi connectivity index (χ0n) is 17.4. The van der Waals surface area contributed by atoms with E-state index in [4.69, 9.17) is 0 Å². The molecule has 31 heavy (non-hydrogen) atoms. The molecule has 4 aliphatic rings. The Bertz CT molecular complexity index is 1220.